The molecule has 0 radical (unpaired) electrons. The Morgan fingerprint density at radius 2 is 1.23 bits per heavy atom. The van der Waals surface area contributed by atoms with Crippen LogP contribution < -0.4 is 0 Å². The van der Waals surface area contributed by atoms with Crippen LogP contribution in [0.15, 0.2) is 102 Å². The molecule has 4 aromatic carbocycles. The molecular formula is C28H23BrO2. The summed E-state index contributed by atoms with van der Waals surface area (Å²) in [6, 6.07) is 33.6. The van der Waals surface area contributed by atoms with Crippen molar-refractivity contribution in [1.29, 1.82) is 0 Å². The molecule has 4 rings (SSSR count). The molecule has 0 N–H and O–H groups in total. The van der Waals surface area contributed by atoms with Gasteiger partial charge in [0.1, 0.15) is 0 Å². The van der Waals surface area contributed by atoms with E-state index in [0.717, 1.165) is 43.4 Å². The molecule has 0 spiro atoms. The lowest BCUT2D eigenvalue weighted by Gasteiger charge is -2.18. The highest BCUT2D eigenvalue weighted by Gasteiger charge is 2.16. The molecule has 0 amide bonds. The average molecular weight is 471 g/mol. The molecule has 0 fully saturated rings. The predicted molar refractivity (Wildman–Crippen MR) is 131 cm³/mol. The van der Waals surface area contributed by atoms with E-state index in [4.69, 9.17) is 4.74 Å². The minimum atomic E-state index is -0.199. The van der Waals surface area contributed by atoms with E-state index in [2.05, 4.69) is 76.6 Å². The maximum absolute atomic E-state index is 12.0. The van der Waals surface area contributed by atoms with Crippen molar-refractivity contribution in [2.75, 3.05) is 7.11 Å². The second kappa shape index (κ2) is 9.76. The fourth-order valence-electron chi connectivity index (χ4n) is 3.83. The van der Waals surface area contributed by atoms with Crippen molar-refractivity contribution >= 4 is 21.9 Å². The second-order valence-electron chi connectivity index (χ2n) is 7.36. The Hall–Kier alpha value is -3.17. The molecule has 0 aliphatic carbocycles. The van der Waals surface area contributed by atoms with Gasteiger partial charge in [-0.05, 0) is 69.6 Å². The van der Waals surface area contributed by atoms with Crippen LogP contribution in [0, 0.1) is 0 Å². The van der Waals surface area contributed by atoms with Gasteiger partial charge in [-0.2, -0.15) is 0 Å². The van der Waals surface area contributed by atoms with Gasteiger partial charge in [0.05, 0.1) is 7.11 Å². The highest BCUT2D eigenvalue weighted by molar-refractivity contribution is 9.10. The molecule has 0 saturated carbocycles. The van der Waals surface area contributed by atoms with E-state index >= 15 is 0 Å². The first kappa shape index (κ1) is 21.1. The lowest BCUT2D eigenvalue weighted by molar-refractivity contribution is -0.140. The molecule has 31 heavy (non-hydrogen) atoms. The van der Waals surface area contributed by atoms with E-state index in [-0.39, 0.29) is 5.97 Å². The highest BCUT2D eigenvalue weighted by atomic mass is 79.9. The Morgan fingerprint density at radius 3 is 1.71 bits per heavy atom. The molecule has 0 bridgehead atoms. The number of carbonyl (C=O) groups is 1. The number of benzene rings is 4. The molecule has 4 aromatic rings. The maximum atomic E-state index is 12.0. The minimum Gasteiger partial charge on any atom is -0.469 e. The van der Waals surface area contributed by atoms with E-state index in [1.54, 1.807) is 0 Å². The van der Waals surface area contributed by atoms with Gasteiger partial charge in [0.15, 0.2) is 0 Å². The Balaban J connectivity index is 1.96. The van der Waals surface area contributed by atoms with Gasteiger partial charge in [0, 0.05) is 10.9 Å². The van der Waals surface area contributed by atoms with Crippen LogP contribution in [-0.2, 0) is 16.0 Å². The van der Waals surface area contributed by atoms with Gasteiger partial charge >= 0.3 is 5.97 Å². The first-order chi connectivity index (χ1) is 15.2. The van der Waals surface area contributed by atoms with Crippen LogP contribution >= 0.6 is 15.9 Å². The zero-order valence-electron chi connectivity index (χ0n) is 17.3. The van der Waals surface area contributed by atoms with E-state index in [9.17, 15) is 4.79 Å². The molecule has 0 unspecified atom stereocenters. The third-order valence-electron chi connectivity index (χ3n) is 5.40. The summed E-state index contributed by atoms with van der Waals surface area (Å²) < 4.78 is 5.98. The Kier molecular flexibility index (Phi) is 6.63. The third-order valence-corrected chi connectivity index (χ3v) is 5.93. The summed E-state index contributed by atoms with van der Waals surface area (Å²) in [4.78, 5) is 12.0. The monoisotopic (exact) mass is 470 g/mol. The van der Waals surface area contributed by atoms with Gasteiger partial charge in [-0.1, -0.05) is 88.7 Å². The number of hydrogen-bond donors (Lipinski definition) is 0. The maximum Gasteiger partial charge on any atom is 0.305 e. The molecule has 3 heteroatoms. The van der Waals surface area contributed by atoms with Crippen molar-refractivity contribution < 1.29 is 9.53 Å². The molecule has 154 valence electrons. The predicted octanol–water partition coefficient (Wildman–Crippen LogP) is 7.56. The zero-order valence-corrected chi connectivity index (χ0v) is 18.9. The van der Waals surface area contributed by atoms with Crippen molar-refractivity contribution in [2.45, 2.75) is 12.8 Å². The van der Waals surface area contributed by atoms with Crippen molar-refractivity contribution in [3.63, 3.8) is 0 Å². The van der Waals surface area contributed by atoms with Crippen LogP contribution in [0.1, 0.15) is 12.0 Å². The Morgan fingerprint density at radius 1 is 0.710 bits per heavy atom. The molecule has 0 aliphatic heterocycles. The zero-order chi connectivity index (χ0) is 21.6. The molecule has 0 saturated heterocycles. The van der Waals surface area contributed by atoms with Gasteiger partial charge < -0.3 is 4.74 Å². The summed E-state index contributed by atoms with van der Waals surface area (Å²) >= 11 is 3.53. The fourth-order valence-corrected chi connectivity index (χ4v) is 4.09. The number of hydrogen-bond acceptors (Lipinski definition) is 2. The van der Waals surface area contributed by atoms with Crippen LogP contribution in [0.2, 0.25) is 0 Å². The highest BCUT2D eigenvalue weighted by Crippen LogP contribution is 2.38. The molecule has 0 atom stereocenters. The van der Waals surface area contributed by atoms with Gasteiger partial charge in [-0.25, -0.2) is 0 Å². The lowest BCUT2D eigenvalue weighted by atomic mass is 9.86. The summed E-state index contributed by atoms with van der Waals surface area (Å²) in [6.07, 6.45) is 0.954. The topological polar surface area (TPSA) is 26.3 Å². The number of esters is 1. The number of halogens is 1. The lowest BCUT2D eigenvalue weighted by Crippen LogP contribution is -2.04. The number of rotatable bonds is 6. The Bertz CT molecular complexity index is 1110. The van der Waals surface area contributed by atoms with Crippen molar-refractivity contribution in [3.8, 4) is 33.4 Å². The molecule has 2 nitrogen and oxygen atoms in total. The summed E-state index contributed by atoms with van der Waals surface area (Å²) in [7, 11) is 1.44. The van der Waals surface area contributed by atoms with Crippen LogP contribution in [0.4, 0.5) is 0 Å². The largest absolute Gasteiger partial charge is 0.469 e. The average Bonchev–Trinajstić information content (AvgIpc) is 2.83. The van der Waals surface area contributed by atoms with Crippen molar-refractivity contribution in [2.24, 2.45) is 0 Å². The normalized spacial score (nSPS) is 10.6. The van der Waals surface area contributed by atoms with E-state index in [0.29, 0.717) is 12.8 Å². The molecule has 0 aromatic heterocycles. The smallest absolute Gasteiger partial charge is 0.305 e. The quantitative estimate of drug-likeness (QED) is 0.271. The summed E-state index contributed by atoms with van der Waals surface area (Å²) in [5.74, 6) is -0.199. The fraction of sp³-hybridized carbons (Fsp3) is 0.107. The number of methoxy groups -OCH3 is 1. The van der Waals surface area contributed by atoms with Crippen LogP contribution in [0.25, 0.3) is 33.4 Å². The van der Waals surface area contributed by atoms with E-state index in [1.807, 2.05) is 36.4 Å². The van der Waals surface area contributed by atoms with Gasteiger partial charge in [0.25, 0.3) is 0 Å². The minimum absolute atomic E-state index is 0.199. The summed E-state index contributed by atoms with van der Waals surface area (Å²) in [5, 5.41) is 0. The van der Waals surface area contributed by atoms with Gasteiger partial charge in [0.2, 0.25) is 0 Å². The van der Waals surface area contributed by atoms with E-state index in [1.165, 1.54) is 7.11 Å². The Labute approximate surface area is 191 Å². The second-order valence-corrected chi connectivity index (χ2v) is 8.28. The standard InChI is InChI=1S/C28H23BrO2/c1-31-28(30)17-16-25-26(21-8-4-2-5-9-21)18-23(20-12-14-24(29)15-13-20)19-27(25)22-10-6-3-7-11-22/h2-15,18-19H,16-17H2,1H3. The SMILES string of the molecule is COC(=O)CCc1c(-c2ccccc2)cc(-c2ccc(Br)cc2)cc1-c1ccccc1. The van der Waals surface area contributed by atoms with Gasteiger partial charge in [-0.15, -0.1) is 0 Å². The van der Waals surface area contributed by atoms with Crippen LogP contribution in [0.3, 0.4) is 0 Å². The first-order valence-electron chi connectivity index (χ1n) is 10.3. The molecule has 0 aliphatic rings. The number of ether oxygens (including phenoxy) is 1. The summed E-state index contributed by atoms with van der Waals surface area (Å²) in [5.41, 5.74) is 8.01. The molecule has 0 heterocycles. The third kappa shape index (κ3) is 4.95. The number of carbonyl (C=O) groups excluding carboxylic acids is 1. The van der Waals surface area contributed by atoms with Gasteiger partial charge in [-0.3, -0.25) is 4.79 Å². The van der Waals surface area contributed by atoms with E-state index < -0.39 is 0 Å². The van der Waals surface area contributed by atoms with Crippen molar-refractivity contribution in [3.05, 3.63) is 107 Å². The van der Waals surface area contributed by atoms with Crippen LogP contribution in [0.5, 0.6) is 0 Å². The first-order valence-corrected chi connectivity index (χ1v) is 11.1. The summed E-state index contributed by atoms with van der Waals surface area (Å²) in [6.45, 7) is 0. The molecular weight excluding hydrogens is 448 g/mol. The van der Waals surface area contributed by atoms with Crippen molar-refractivity contribution in [1.82, 2.24) is 0 Å². The van der Waals surface area contributed by atoms with Crippen LogP contribution in [-0.4, -0.2) is 13.1 Å².